The number of hydrogen-bond donors (Lipinski definition) is 0. The van der Waals surface area contributed by atoms with E-state index in [1.54, 1.807) is 5.57 Å². The van der Waals surface area contributed by atoms with E-state index in [0.717, 1.165) is 12.8 Å². The Morgan fingerprint density at radius 3 is 2.34 bits per heavy atom. The summed E-state index contributed by atoms with van der Waals surface area (Å²) in [6, 6.07) is 50.5. The van der Waals surface area contributed by atoms with Crippen LogP contribution in [0.3, 0.4) is 0 Å². The number of rotatable bonds is 1. The van der Waals surface area contributed by atoms with Gasteiger partial charge in [0.2, 0.25) is 11.4 Å². The third kappa shape index (κ3) is 3.39. The van der Waals surface area contributed by atoms with Gasteiger partial charge in [-0.1, -0.05) is 84.9 Å². The second-order valence-corrected chi connectivity index (χ2v) is 14.6. The molecule has 0 amide bonds. The number of benzene rings is 5. The molecule has 2 aliphatic heterocycles. The van der Waals surface area contributed by atoms with Crippen LogP contribution in [0.1, 0.15) is 35.1 Å². The summed E-state index contributed by atoms with van der Waals surface area (Å²) >= 11 is 0. The van der Waals surface area contributed by atoms with Gasteiger partial charge in [0.15, 0.2) is 24.1 Å². The number of allylic oxidation sites excluding steroid dienone is 2. The van der Waals surface area contributed by atoms with Crippen molar-refractivity contribution in [2.45, 2.75) is 31.7 Å². The predicted molar refractivity (Wildman–Crippen MR) is 202 cm³/mol. The molecule has 0 spiro atoms. The molecular formula is C47H33N3+2. The van der Waals surface area contributed by atoms with Crippen LogP contribution in [0, 0.1) is 6.92 Å². The number of aryl methyl sites for hydroxylation is 1. The van der Waals surface area contributed by atoms with Crippen LogP contribution in [-0.2, 0) is 6.42 Å². The number of aromatic nitrogens is 3. The maximum atomic E-state index is 2.60. The fraction of sp³-hybridized carbons (Fsp3) is 0.106. The fourth-order valence-corrected chi connectivity index (χ4v) is 9.97. The van der Waals surface area contributed by atoms with Gasteiger partial charge in [-0.25, -0.2) is 0 Å². The Balaban J connectivity index is 1.17. The summed E-state index contributed by atoms with van der Waals surface area (Å²) in [4.78, 5) is 0. The van der Waals surface area contributed by atoms with E-state index < -0.39 is 0 Å². The van der Waals surface area contributed by atoms with Gasteiger partial charge in [0.1, 0.15) is 0 Å². The largest absolute Gasteiger partial charge is 0.308 e. The molecule has 2 atom stereocenters. The lowest BCUT2D eigenvalue weighted by atomic mass is 9.79. The maximum Gasteiger partial charge on any atom is 0.219 e. The summed E-state index contributed by atoms with van der Waals surface area (Å²) in [6.07, 6.45) is 6.67. The molecule has 3 nitrogen and oxygen atoms in total. The van der Waals surface area contributed by atoms with Crippen molar-refractivity contribution in [1.82, 2.24) is 4.40 Å². The van der Waals surface area contributed by atoms with Gasteiger partial charge in [0.25, 0.3) is 0 Å². The first kappa shape index (κ1) is 26.8. The molecular weight excluding hydrogens is 607 g/mol. The number of hydrogen-bond acceptors (Lipinski definition) is 0. The topological polar surface area (TPSA) is 12.2 Å². The van der Waals surface area contributed by atoms with E-state index in [-0.39, 0.29) is 0 Å². The second kappa shape index (κ2) is 9.55. The third-order valence-electron chi connectivity index (χ3n) is 12.0. The van der Waals surface area contributed by atoms with Crippen LogP contribution >= 0.6 is 0 Å². The van der Waals surface area contributed by atoms with Gasteiger partial charge in [0, 0.05) is 57.3 Å². The molecule has 9 aromatic rings. The van der Waals surface area contributed by atoms with Gasteiger partial charge in [-0.2, -0.15) is 9.13 Å². The molecule has 3 aliphatic rings. The summed E-state index contributed by atoms with van der Waals surface area (Å²) < 4.78 is 7.69. The van der Waals surface area contributed by atoms with E-state index in [9.17, 15) is 0 Å². The Hall–Kier alpha value is -6.06. The van der Waals surface area contributed by atoms with E-state index in [1.165, 1.54) is 94.1 Å². The van der Waals surface area contributed by atoms with Crippen molar-refractivity contribution < 1.29 is 9.13 Å². The lowest BCUT2D eigenvalue weighted by Gasteiger charge is -2.27. The second-order valence-electron chi connectivity index (χ2n) is 14.6. The van der Waals surface area contributed by atoms with E-state index in [1.807, 2.05) is 0 Å². The summed E-state index contributed by atoms with van der Waals surface area (Å²) in [6.45, 7) is 2.22. The third-order valence-corrected chi connectivity index (χ3v) is 12.0. The molecule has 4 aromatic heterocycles. The Morgan fingerprint density at radius 1 is 0.620 bits per heavy atom. The quantitative estimate of drug-likeness (QED) is 0.159. The van der Waals surface area contributed by atoms with Crippen molar-refractivity contribution in [3.63, 3.8) is 0 Å². The van der Waals surface area contributed by atoms with Gasteiger partial charge >= 0.3 is 0 Å². The molecule has 12 rings (SSSR count). The molecule has 2 unspecified atom stereocenters. The predicted octanol–water partition coefficient (Wildman–Crippen LogP) is 10.2. The van der Waals surface area contributed by atoms with Crippen molar-refractivity contribution in [2.24, 2.45) is 0 Å². The average molecular weight is 640 g/mol. The molecule has 0 saturated carbocycles. The molecule has 1 aliphatic carbocycles. The Morgan fingerprint density at radius 2 is 1.42 bits per heavy atom. The summed E-state index contributed by atoms with van der Waals surface area (Å²) in [5, 5.41) is 5.32. The molecule has 3 heteroatoms. The van der Waals surface area contributed by atoms with E-state index >= 15 is 0 Å². The zero-order chi connectivity index (χ0) is 32.7. The standard InChI is InChI=1S/C47H33N3/c1-28-18-19-40-32-12-5-6-14-34(32)46-39-22-31-24-44-38(36-16-9-15-35-33-13-7-8-17-41(33)50(44)47(35)36)25-37(31)42-23-30(29-10-3-2-4-11-29)20-21-48(42)43(39)26-45(46)49(40)27-28/h2-21,23-25,27,45-46H,22,26H2,1H3/q+2. The van der Waals surface area contributed by atoms with Crippen molar-refractivity contribution >= 4 is 43.8 Å². The van der Waals surface area contributed by atoms with E-state index in [0.29, 0.717) is 12.0 Å². The van der Waals surface area contributed by atoms with Crippen LogP contribution < -0.4 is 9.13 Å². The average Bonchev–Trinajstić information content (AvgIpc) is 3.79. The molecule has 6 heterocycles. The highest BCUT2D eigenvalue weighted by molar-refractivity contribution is 6.23. The summed E-state index contributed by atoms with van der Waals surface area (Å²) in [5.41, 5.74) is 18.9. The number of para-hydroxylation sites is 2. The van der Waals surface area contributed by atoms with Crippen LogP contribution in [0.15, 0.2) is 151 Å². The lowest BCUT2D eigenvalue weighted by Crippen LogP contribution is -2.47. The Kier molecular flexibility index (Phi) is 5.13. The fourth-order valence-electron chi connectivity index (χ4n) is 9.97. The Bertz CT molecular complexity index is 2950. The van der Waals surface area contributed by atoms with Crippen LogP contribution in [0.5, 0.6) is 0 Å². The summed E-state index contributed by atoms with van der Waals surface area (Å²) in [5.74, 6) is 0.310. The van der Waals surface area contributed by atoms with Crippen molar-refractivity contribution in [2.75, 3.05) is 0 Å². The SMILES string of the molecule is Cc1ccc2[n+](c1)C1CC3=C(Cc4cc5c(cc4-c4cc(-c6ccccc6)cc[n+]43)c3cccc4c6ccccc6n5c43)C1c1ccccc1-2. The van der Waals surface area contributed by atoms with Crippen molar-refractivity contribution in [1.29, 1.82) is 0 Å². The molecule has 0 radical (unpaired) electrons. The minimum absolute atomic E-state index is 0.310. The van der Waals surface area contributed by atoms with E-state index in [2.05, 4.69) is 166 Å². The minimum atomic E-state index is 0.310. The first-order valence-corrected chi connectivity index (χ1v) is 17.9. The number of fused-ring (bicyclic) bond motifs is 17. The molecule has 0 bridgehead atoms. The highest BCUT2D eigenvalue weighted by Gasteiger charge is 2.52. The first-order valence-electron chi connectivity index (χ1n) is 17.9. The van der Waals surface area contributed by atoms with Crippen LogP contribution in [0.25, 0.3) is 77.4 Å². The minimum Gasteiger partial charge on any atom is -0.308 e. The van der Waals surface area contributed by atoms with Gasteiger partial charge in [-0.05, 0) is 59.5 Å². The zero-order valence-corrected chi connectivity index (χ0v) is 27.8. The van der Waals surface area contributed by atoms with E-state index in [4.69, 9.17) is 0 Å². The van der Waals surface area contributed by atoms with Gasteiger partial charge < -0.3 is 4.40 Å². The highest BCUT2D eigenvalue weighted by atomic mass is 15.1. The molecule has 234 valence electrons. The monoisotopic (exact) mass is 639 g/mol. The summed E-state index contributed by atoms with van der Waals surface area (Å²) in [7, 11) is 0. The van der Waals surface area contributed by atoms with Gasteiger partial charge in [-0.3, -0.25) is 0 Å². The van der Waals surface area contributed by atoms with Crippen LogP contribution in [-0.4, -0.2) is 4.40 Å². The van der Waals surface area contributed by atoms with Gasteiger partial charge in [-0.15, -0.1) is 0 Å². The van der Waals surface area contributed by atoms with Crippen molar-refractivity contribution in [3.8, 4) is 33.6 Å². The van der Waals surface area contributed by atoms with Gasteiger partial charge in [0.05, 0.1) is 40.0 Å². The molecule has 5 aromatic carbocycles. The molecule has 0 saturated heterocycles. The molecule has 0 N–H and O–H groups in total. The molecule has 50 heavy (non-hydrogen) atoms. The smallest absolute Gasteiger partial charge is 0.219 e. The Labute approximate surface area is 290 Å². The van der Waals surface area contributed by atoms with Crippen LogP contribution in [0.4, 0.5) is 0 Å². The number of pyridine rings is 2. The molecule has 0 fully saturated rings. The number of nitrogens with zero attached hydrogens (tertiary/aromatic N) is 3. The first-order chi connectivity index (χ1) is 24.7. The highest BCUT2D eigenvalue weighted by Crippen LogP contribution is 2.53. The maximum absolute atomic E-state index is 2.60. The van der Waals surface area contributed by atoms with Crippen LogP contribution in [0.2, 0.25) is 0 Å². The normalized spacial score (nSPS) is 17.5. The zero-order valence-electron chi connectivity index (χ0n) is 27.8. The lowest BCUT2D eigenvalue weighted by molar-refractivity contribution is -0.717. The van der Waals surface area contributed by atoms with Crippen molar-refractivity contribution in [3.05, 3.63) is 168 Å².